The standard InChI is InChI=1S/C21H22N2O4/c1-14(2)27-18-8-9-19-15(12-18)10-11-23(21(19)25)13-20(24)22-16-4-6-17(26-3)7-5-16/h4-12,14H,13H2,1-3H3,(H,22,24). The van der Waals surface area contributed by atoms with Crippen LogP contribution in [0, 0.1) is 0 Å². The van der Waals surface area contributed by atoms with Gasteiger partial charge in [-0.2, -0.15) is 0 Å². The van der Waals surface area contributed by atoms with Gasteiger partial charge in [0, 0.05) is 17.3 Å². The van der Waals surface area contributed by atoms with Crippen molar-refractivity contribution in [2.24, 2.45) is 0 Å². The molecule has 0 radical (unpaired) electrons. The van der Waals surface area contributed by atoms with Gasteiger partial charge in [-0.25, -0.2) is 0 Å². The van der Waals surface area contributed by atoms with Crippen molar-refractivity contribution in [1.82, 2.24) is 4.57 Å². The summed E-state index contributed by atoms with van der Waals surface area (Å²) in [7, 11) is 1.58. The van der Waals surface area contributed by atoms with Crippen molar-refractivity contribution in [1.29, 1.82) is 0 Å². The first-order chi connectivity index (χ1) is 13.0. The van der Waals surface area contributed by atoms with Gasteiger partial charge in [0.15, 0.2) is 0 Å². The normalized spacial score (nSPS) is 10.8. The van der Waals surface area contributed by atoms with Crippen LogP contribution in [-0.4, -0.2) is 23.7 Å². The summed E-state index contributed by atoms with van der Waals surface area (Å²) in [6.07, 6.45) is 1.68. The molecule has 0 aliphatic heterocycles. The molecular weight excluding hydrogens is 344 g/mol. The molecule has 2 aromatic carbocycles. The van der Waals surface area contributed by atoms with Crippen molar-refractivity contribution >= 4 is 22.4 Å². The van der Waals surface area contributed by atoms with E-state index in [0.717, 1.165) is 5.39 Å². The van der Waals surface area contributed by atoms with Gasteiger partial charge in [-0.15, -0.1) is 0 Å². The van der Waals surface area contributed by atoms with E-state index in [1.54, 1.807) is 49.7 Å². The van der Waals surface area contributed by atoms with Crippen molar-refractivity contribution in [3.8, 4) is 11.5 Å². The second kappa shape index (κ2) is 7.95. The maximum absolute atomic E-state index is 12.7. The zero-order valence-electron chi connectivity index (χ0n) is 15.6. The van der Waals surface area contributed by atoms with Gasteiger partial charge < -0.3 is 19.4 Å². The summed E-state index contributed by atoms with van der Waals surface area (Å²) < 4.78 is 12.1. The highest BCUT2D eigenvalue weighted by Gasteiger charge is 2.09. The van der Waals surface area contributed by atoms with Crippen molar-refractivity contribution in [2.45, 2.75) is 26.5 Å². The first-order valence-electron chi connectivity index (χ1n) is 8.70. The first-order valence-corrected chi connectivity index (χ1v) is 8.70. The fraction of sp³-hybridized carbons (Fsp3) is 0.238. The zero-order valence-corrected chi connectivity index (χ0v) is 15.6. The van der Waals surface area contributed by atoms with Crippen LogP contribution in [0.25, 0.3) is 10.8 Å². The average Bonchev–Trinajstić information content (AvgIpc) is 2.64. The van der Waals surface area contributed by atoms with E-state index in [9.17, 15) is 9.59 Å². The van der Waals surface area contributed by atoms with Crippen LogP contribution in [0.15, 0.2) is 59.5 Å². The quantitative estimate of drug-likeness (QED) is 0.726. The number of carbonyl (C=O) groups is 1. The lowest BCUT2D eigenvalue weighted by Gasteiger charge is -2.11. The van der Waals surface area contributed by atoms with Gasteiger partial charge in [0.1, 0.15) is 18.0 Å². The predicted octanol–water partition coefficient (Wildman–Crippen LogP) is 3.44. The van der Waals surface area contributed by atoms with Crippen LogP contribution in [-0.2, 0) is 11.3 Å². The summed E-state index contributed by atoms with van der Waals surface area (Å²) >= 11 is 0. The molecule has 6 nitrogen and oxygen atoms in total. The minimum atomic E-state index is -0.277. The number of fused-ring (bicyclic) bond motifs is 1. The average molecular weight is 366 g/mol. The fourth-order valence-corrected chi connectivity index (χ4v) is 2.77. The van der Waals surface area contributed by atoms with Crippen LogP contribution in [0.3, 0.4) is 0 Å². The molecule has 1 heterocycles. The van der Waals surface area contributed by atoms with E-state index >= 15 is 0 Å². The van der Waals surface area contributed by atoms with Crippen LogP contribution in [0.1, 0.15) is 13.8 Å². The van der Waals surface area contributed by atoms with Crippen molar-refractivity contribution in [3.05, 3.63) is 65.1 Å². The molecule has 0 bridgehead atoms. The summed E-state index contributed by atoms with van der Waals surface area (Å²) in [6.45, 7) is 3.83. The van der Waals surface area contributed by atoms with E-state index < -0.39 is 0 Å². The Morgan fingerprint density at radius 3 is 2.44 bits per heavy atom. The van der Waals surface area contributed by atoms with Gasteiger partial charge in [0.05, 0.1) is 13.2 Å². The van der Waals surface area contributed by atoms with Gasteiger partial charge >= 0.3 is 0 Å². The van der Waals surface area contributed by atoms with Crippen LogP contribution in [0.4, 0.5) is 5.69 Å². The molecular formula is C21H22N2O4. The lowest BCUT2D eigenvalue weighted by molar-refractivity contribution is -0.116. The molecule has 1 amide bonds. The van der Waals surface area contributed by atoms with Crippen molar-refractivity contribution < 1.29 is 14.3 Å². The Kier molecular flexibility index (Phi) is 5.45. The monoisotopic (exact) mass is 366 g/mol. The Labute approximate surface area is 157 Å². The second-order valence-electron chi connectivity index (χ2n) is 6.44. The van der Waals surface area contributed by atoms with Crippen molar-refractivity contribution in [3.63, 3.8) is 0 Å². The summed E-state index contributed by atoms with van der Waals surface area (Å²) in [4.78, 5) is 24.9. The molecule has 3 aromatic rings. The molecule has 1 N–H and O–H groups in total. The third-order valence-corrected chi connectivity index (χ3v) is 4.01. The molecule has 0 saturated carbocycles. The van der Waals surface area contributed by atoms with Gasteiger partial charge in [0.2, 0.25) is 5.91 Å². The third kappa shape index (κ3) is 4.47. The van der Waals surface area contributed by atoms with E-state index in [1.165, 1.54) is 4.57 Å². The van der Waals surface area contributed by atoms with E-state index in [-0.39, 0.29) is 24.1 Å². The van der Waals surface area contributed by atoms with Crippen LogP contribution in [0.2, 0.25) is 0 Å². The summed E-state index contributed by atoms with van der Waals surface area (Å²) in [6, 6.07) is 14.2. The Hall–Kier alpha value is -3.28. The Morgan fingerprint density at radius 2 is 1.78 bits per heavy atom. The number of methoxy groups -OCH3 is 1. The number of pyridine rings is 1. The molecule has 0 aliphatic rings. The number of rotatable bonds is 6. The maximum atomic E-state index is 12.7. The maximum Gasteiger partial charge on any atom is 0.258 e. The molecule has 6 heteroatoms. The molecule has 3 rings (SSSR count). The number of anilines is 1. The number of nitrogens with zero attached hydrogens (tertiary/aromatic N) is 1. The van der Waals surface area contributed by atoms with E-state index in [0.29, 0.717) is 22.6 Å². The molecule has 0 fully saturated rings. The SMILES string of the molecule is COc1ccc(NC(=O)Cn2ccc3cc(OC(C)C)ccc3c2=O)cc1. The molecule has 1 aromatic heterocycles. The number of benzene rings is 2. The van der Waals surface area contributed by atoms with Gasteiger partial charge in [-0.3, -0.25) is 9.59 Å². The second-order valence-corrected chi connectivity index (χ2v) is 6.44. The molecule has 0 spiro atoms. The molecule has 0 unspecified atom stereocenters. The summed E-state index contributed by atoms with van der Waals surface area (Å²) in [5.74, 6) is 1.15. The third-order valence-electron chi connectivity index (χ3n) is 4.01. The zero-order chi connectivity index (χ0) is 19.4. The number of amides is 1. The number of ether oxygens (including phenoxy) is 2. The number of aromatic nitrogens is 1. The van der Waals surface area contributed by atoms with Gasteiger partial charge in [-0.1, -0.05) is 0 Å². The molecule has 0 atom stereocenters. The fourth-order valence-electron chi connectivity index (χ4n) is 2.77. The highest BCUT2D eigenvalue weighted by atomic mass is 16.5. The largest absolute Gasteiger partial charge is 0.497 e. The molecule has 140 valence electrons. The molecule has 0 aliphatic carbocycles. The number of hydrogen-bond acceptors (Lipinski definition) is 4. The summed E-state index contributed by atoms with van der Waals surface area (Å²) in [5.41, 5.74) is 0.429. The van der Waals surface area contributed by atoms with Crippen molar-refractivity contribution in [2.75, 3.05) is 12.4 Å². The Bertz CT molecular complexity index is 1010. The minimum Gasteiger partial charge on any atom is -0.497 e. The minimum absolute atomic E-state index is 0.0597. The predicted molar refractivity (Wildman–Crippen MR) is 106 cm³/mol. The summed E-state index contributed by atoms with van der Waals surface area (Å²) in [5, 5.41) is 4.10. The lowest BCUT2D eigenvalue weighted by atomic mass is 10.1. The van der Waals surface area contributed by atoms with Crippen LogP contribution < -0.4 is 20.3 Å². The highest BCUT2D eigenvalue weighted by molar-refractivity contribution is 5.91. The smallest absolute Gasteiger partial charge is 0.258 e. The van der Waals surface area contributed by atoms with Gasteiger partial charge in [-0.05, 0) is 67.8 Å². The number of carbonyl (C=O) groups excluding carboxylic acids is 1. The van der Waals surface area contributed by atoms with E-state index in [1.807, 2.05) is 26.0 Å². The molecule has 0 saturated heterocycles. The topological polar surface area (TPSA) is 69.6 Å². The van der Waals surface area contributed by atoms with E-state index in [2.05, 4.69) is 5.32 Å². The van der Waals surface area contributed by atoms with E-state index in [4.69, 9.17) is 9.47 Å². The Morgan fingerprint density at radius 1 is 1.07 bits per heavy atom. The van der Waals surface area contributed by atoms with Gasteiger partial charge in [0.25, 0.3) is 5.56 Å². The Balaban J connectivity index is 1.76. The van der Waals surface area contributed by atoms with Crippen LogP contribution in [0.5, 0.6) is 11.5 Å². The first kappa shape index (κ1) is 18.5. The lowest BCUT2D eigenvalue weighted by Crippen LogP contribution is -2.27. The number of hydrogen-bond donors (Lipinski definition) is 1. The number of nitrogens with one attached hydrogen (secondary N) is 1. The van der Waals surface area contributed by atoms with Crippen LogP contribution >= 0.6 is 0 Å². The molecule has 27 heavy (non-hydrogen) atoms. The highest BCUT2D eigenvalue weighted by Crippen LogP contribution is 2.19.